The predicted octanol–water partition coefficient (Wildman–Crippen LogP) is 2.84. The normalized spacial score (nSPS) is 16.1. The highest BCUT2D eigenvalue weighted by Gasteiger charge is 2.23. The van der Waals surface area contributed by atoms with E-state index in [1.807, 2.05) is 29.1 Å². The average molecular weight is 577 g/mol. The molecule has 0 saturated carbocycles. The number of pyridine rings is 1. The van der Waals surface area contributed by atoms with Crippen LogP contribution in [-0.2, 0) is 13.1 Å². The van der Waals surface area contributed by atoms with Gasteiger partial charge in [-0.3, -0.25) is 14.5 Å². The first-order valence-corrected chi connectivity index (χ1v) is 11.0. The van der Waals surface area contributed by atoms with Gasteiger partial charge in [0.25, 0.3) is 0 Å². The zero-order valence-electron chi connectivity index (χ0n) is 19.8. The number of halogens is 1. The van der Waals surface area contributed by atoms with Crippen molar-refractivity contribution in [1.29, 1.82) is 0 Å². The number of guanidine groups is 1. The summed E-state index contributed by atoms with van der Waals surface area (Å²) < 4.78 is 12.7. The van der Waals surface area contributed by atoms with Crippen LogP contribution in [0.4, 0.5) is 0 Å². The first kappa shape index (κ1) is 25.8. The molecule has 10 heteroatoms. The topological polar surface area (TPSA) is 88.8 Å². The number of hydrogen-bond donors (Lipinski definition) is 2. The Labute approximate surface area is 217 Å². The average Bonchev–Trinajstić information content (AvgIpc) is 3.54. The molecule has 2 aromatic heterocycles. The van der Waals surface area contributed by atoms with Gasteiger partial charge in [-0.2, -0.15) is 0 Å². The molecule has 0 aliphatic carbocycles. The summed E-state index contributed by atoms with van der Waals surface area (Å²) in [4.78, 5) is 15.4. The molecule has 0 radical (unpaired) electrons. The zero-order chi connectivity index (χ0) is 23.0. The van der Waals surface area contributed by atoms with Gasteiger partial charge in [-0.25, -0.2) is 9.97 Å². The minimum atomic E-state index is 0. The molecule has 1 aliphatic heterocycles. The van der Waals surface area contributed by atoms with Crippen molar-refractivity contribution < 1.29 is 9.47 Å². The molecule has 0 bridgehead atoms. The molecule has 1 saturated heterocycles. The molecule has 1 aromatic carbocycles. The Morgan fingerprint density at radius 1 is 1.15 bits per heavy atom. The van der Waals surface area contributed by atoms with E-state index in [1.54, 1.807) is 33.8 Å². The van der Waals surface area contributed by atoms with E-state index < -0.39 is 0 Å². The smallest absolute Gasteiger partial charge is 0.191 e. The van der Waals surface area contributed by atoms with Gasteiger partial charge >= 0.3 is 0 Å². The zero-order valence-corrected chi connectivity index (χ0v) is 22.1. The molecule has 0 spiro atoms. The summed E-state index contributed by atoms with van der Waals surface area (Å²) in [5.74, 6) is 3.27. The van der Waals surface area contributed by atoms with Gasteiger partial charge in [-0.15, -0.1) is 24.0 Å². The van der Waals surface area contributed by atoms with E-state index in [-0.39, 0.29) is 24.0 Å². The minimum absolute atomic E-state index is 0. The van der Waals surface area contributed by atoms with Crippen LogP contribution in [-0.4, -0.2) is 65.8 Å². The Morgan fingerprint density at radius 3 is 2.56 bits per heavy atom. The lowest BCUT2D eigenvalue weighted by Crippen LogP contribution is -2.44. The lowest BCUT2D eigenvalue weighted by Gasteiger charge is -2.19. The van der Waals surface area contributed by atoms with Gasteiger partial charge in [-0.05, 0) is 35.7 Å². The van der Waals surface area contributed by atoms with Crippen LogP contribution in [0.5, 0.6) is 11.5 Å². The maximum absolute atomic E-state index is 5.40. The van der Waals surface area contributed by atoms with Crippen LogP contribution in [0, 0.1) is 0 Å². The molecule has 9 nitrogen and oxygen atoms in total. The fourth-order valence-corrected chi connectivity index (χ4v) is 3.95. The number of aromatic nitrogens is 3. The molecular formula is C24H32IN7O2. The van der Waals surface area contributed by atoms with Gasteiger partial charge in [0.1, 0.15) is 23.6 Å². The van der Waals surface area contributed by atoms with Crippen molar-refractivity contribution in [3.63, 3.8) is 0 Å². The quantitative estimate of drug-likeness (QED) is 0.242. The number of methoxy groups -OCH3 is 2. The number of ether oxygens (including phenoxy) is 2. The molecule has 1 unspecified atom stereocenters. The molecule has 34 heavy (non-hydrogen) atoms. The van der Waals surface area contributed by atoms with Crippen molar-refractivity contribution in [2.24, 2.45) is 4.99 Å². The predicted molar refractivity (Wildman–Crippen MR) is 143 cm³/mol. The Hall–Kier alpha value is -2.86. The van der Waals surface area contributed by atoms with Gasteiger partial charge in [0.05, 0.1) is 14.2 Å². The Bertz CT molecular complexity index is 1040. The van der Waals surface area contributed by atoms with Gasteiger partial charge in [0.15, 0.2) is 5.96 Å². The van der Waals surface area contributed by atoms with E-state index in [1.165, 1.54) is 5.56 Å². The van der Waals surface area contributed by atoms with Crippen LogP contribution in [0.25, 0.3) is 5.82 Å². The first-order chi connectivity index (χ1) is 16.2. The van der Waals surface area contributed by atoms with Gasteiger partial charge in [0, 0.05) is 63.9 Å². The van der Waals surface area contributed by atoms with Crippen LogP contribution < -0.4 is 20.1 Å². The largest absolute Gasteiger partial charge is 0.497 e. The van der Waals surface area contributed by atoms with E-state index in [9.17, 15) is 0 Å². The van der Waals surface area contributed by atoms with Crippen molar-refractivity contribution >= 4 is 29.9 Å². The number of benzene rings is 1. The lowest BCUT2D eigenvalue weighted by molar-refractivity contribution is 0.321. The molecule has 1 atom stereocenters. The number of imidazole rings is 1. The second-order valence-corrected chi connectivity index (χ2v) is 8.01. The Kier molecular flexibility index (Phi) is 9.52. The second-order valence-electron chi connectivity index (χ2n) is 8.01. The fourth-order valence-electron chi connectivity index (χ4n) is 3.95. The molecule has 182 valence electrons. The Balaban J connectivity index is 0.00000324. The van der Waals surface area contributed by atoms with Crippen LogP contribution in [0.1, 0.15) is 17.5 Å². The summed E-state index contributed by atoms with van der Waals surface area (Å²) >= 11 is 0. The Morgan fingerprint density at radius 2 is 1.94 bits per heavy atom. The van der Waals surface area contributed by atoms with Crippen molar-refractivity contribution in [2.45, 2.75) is 25.6 Å². The first-order valence-electron chi connectivity index (χ1n) is 11.0. The molecule has 1 fully saturated rings. The summed E-state index contributed by atoms with van der Waals surface area (Å²) in [6, 6.07) is 10.4. The number of rotatable bonds is 8. The lowest BCUT2D eigenvalue weighted by atomic mass is 10.2. The van der Waals surface area contributed by atoms with E-state index in [0.29, 0.717) is 12.6 Å². The van der Waals surface area contributed by atoms with Crippen molar-refractivity contribution in [3.05, 3.63) is 66.4 Å². The monoisotopic (exact) mass is 577 g/mol. The van der Waals surface area contributed by atoms with Gasteiger partial charge in [-0.1, -0.05) is 6.07 Å². The third-order valence-electron chi connectivity index (χ3n) is 5.69. The van der Waals surface area contributed by atoms with Crippen LogP contribution in [0.3, 0.4) is 0 Å². The number of nitrogens with one attached hydrogen (secondary N) is 2. The van der Waals surface area contributed by atoms with Gasteiger partial charge < -0.3 is 20.1 Å². The second kappa shape index (κ2) is 12.6. The maximum Gasteiger partial charge on any atom is 0.191 e. The van der Waals surface area contributed by atoms with Crippen LogP contribution >= 0.6 is 24.0 Å². The third-order valence-corrected chi connectivity index (χ3v) is 5.69. The molecule has 4 rings (SSSR count). The molecule has 2 N–H and O–H groups in total. The minimum Gasteiger partial charge on any atom is -0.497 e. The summed E-state index contributed by atoms with van der Waals surface area (Å²) in [7, 11) is 5.15. The summed E-state index contributed by atoms with van der Waals surface area (Å²) in [5.41, 5.74) is 2.27. The van der Waals surface area contributed by atoms with Crippen LogP contribution in [0.2, 0.25) is 0 Å². The summed E-state index contributed by atoms with van der Waals surface area (Å²) in [5, 5.41) is 6.94. The van der Waals surface area contributed by atoms with E-state index in [2.05, 4.69) is 48.7 Å². The SMILES string of the molecule is CN=C(NCc1ccc(-n2ccnc2)nc1)NC1CCN(Cc2cc(OC)cc(OC)c2)C1.I. The molecule has 3 aromatic rings. The molecule has 1 aliphatic rings. The third kappa shape index (κ3) is 6.83. The van der Waals surface area contributed by atoms with E-state index >= 15 is 0 Å². The number of aliphatic imine (C=N–C) groups is 1. The van der Waals surface area contributed by atoms with E-state index in [0.717, 1.165) is 54.9 Å². The summed E-state index contributed by atoms with van der Waals surface area (Å²) in [6.45, 7) is 3.47. The highest BCUT2D eigenvalue weighted by atomic mass is 127. The summed E-state index contributed by atoms with van der Waals surface area (Å²) in [6.07, 6.45) is 8.28. The molecular weight excluding hydrogens is 545 g/mol. The van der Waals surface area contributed by atoms with Crippen LogP contribution in [0.15, 0.2) is 60.2 Å². The number of likely N-dealkylation sites (tertiary alicyclic amines) is 1. The highest BCUT2D eigenvalue weighted by Crippen LogP contribution is 2.24. The molecule has 3 heterocycles. The van der Waals surface area contributed by atoms with Gasteiger partial charge in [0.2, 0.25) is 0 Å². The number of nitrogens with zero attached hydrogens (tertiary/aromatic N) is 5. The van der Waals surface area contributed by atoms with Crippen molar-refractivity contribution in [3.8, 4) is 17.3 Å². The highest BCUT2D eigenvalue weighted by molar-refractivity contribution is 14.0. The standard InChI is InChI=1S/C24H31N7O2.HI/c1-25-24(28-14-18-4-5-23(27-13-18)31-9-7-26-17-31)29-20-6-8-30(16-20)15-19-10-21(32-2)12-22(11-19)33-3;/h4-5,7,9-13,17,20H,6,8,14-16H2,1-3H3,(H2,25,28,29);1H. The fraction of sp³-hybridized carbons (Fsp3) is 0.375. The number of hydrogen-bond acceptors (Lipinski definition) is 6. The van der Waals surface area contributed by atoms with Crippen molar-refractivity contribution in [2.75, 3.05) is 34.4 Å². The maximum atomic E-state index is 5.40. The molecule has 0 amide bonds. The van der Waals surface area contributed by atoms with Crippen molar-refractivity contribution in [1.82, 2.24) is 30.1 Å². The van der Waals surface area contributed by atoms with E-state index in [4.69, 9.17) is 9.47 Å².